The summed E-state index contributed by atoms with van der Waals surface area (Å²) >= 11 is 0. The van der Waals surface area contributed by atoms with E-state index >= 15 is 0 Å². The van der Waals surface area contributed by atoms with Gasteiger partial charge >= 0.3 is 5.95 Å². The van der Waals surface area contributed by atoms with E-state index in [4.69, 9.17) is 5.73 Å². The van der Waals surface area contributed by atoms with Gasteiger partial charge in [-0.15, -0.1) is 0 Å². The first-order valence-electron chi connectivity index (χ1n) is 6.64. The van der Waals surface area contributed by atoms with Crippen molar-refractivity contribution in [1.82, 2.24) is 4.57 Å². The van der Waals surface area contributed by atoms with Crippen molar-refractivity contribution in [3.8, 4) is 0 Å². The number of hydrogen-bond donors (Lipinski definition) is 2. The number of nitrogen functional groups attached to an aromatic ring is 1. The molecule has 1 heterocycles. The summed E-state index contributed by atoms with van der Waals surface area (Å²) in [5.74, 6) is 0.640. The molecule has 0 radical (unpaired) electrons. The van der Waals surface area contributed by atoms with Gasteiger partial charge in [0.05, 0.1) is 7.05 Å². The summed E-state index contributed by atoms with van der Waals surface area (Å²) in [4.78, 5) is 0. The molecule has 0 unspecified atom stereocenters. The number of anilines is 1. The quantitative estimate of drug-likeness (QED) is 0.711. The van der Waals surface area contributed by atoms with Crippen LogP contribution in [0.4, 0.5) is 5.95 Å². The summed E-state index contributed by atoms with van der Waals surface area (Å²) < 4.78 is 3.89. The zero-order valence-corrected chi connectivity index (χ0v) is 11.4. The maximum atomic E-state index is 10.4. The topological polar surface area (TPSA) is 55.1 Å². The van der Waals surface area contributed by atoms with Crippen molar-refractivity contribution in [2.75, 3.05) is 5.73 Å². The summed E-state index contributed by atoms with van der Waals surface area (Å²) in [6, 6.07) is 17.6. The minimum atomic E-state index is -0.575. The Kier molecular flexibility index (Phi) is 3.16. The summed E-state index contributed by atoms with van der Waals surface area (Å²) in [6.07, 6.45) is -0.575. The van der Waals surface area contributed by atoms with Crippen molar-refractivity contribution < 1.29 is 9.67 Å². The highest BCUT2D eigenvalue weighted by molar-refractivity contribution is 5.73. The third kappa shape index (κ3) is 2.04. The molecule has 3 rings (SSSR count). The molecule has 3 N–H and O–H groups in total. The number of aromatic nitrogens is 2. The molecule has 2 aromatic carbocycles. The van der Waals surface area contributed by atoms with Crippen LogP contribution in [0.5, 0.6) is 0 Å². The van der Waals surface area contributed by atoms with Crippen molar-refractivity contribution in [2.24, 2.45) is 7.05 Å². The molecule has 1 atom stereocenters. The van der Waals surface area contributed by atoms with Gasteiger partial charge in [0.25, 0.3) is 0 Å². The normalized spacial score (nSPS) is 12.7. The second-order valence-corrected chi connectivity index (χ2v) is 4.94. The van der Waals surface area contributed by atoms with Gasteiger partial charge in [0, 0.05) is 0 Å². The largest absolute Gasteiger partial charge is 0.385 e. The summed E-state index contributed by atoms with van der Waals surface area (Å²) in [6.45, 7) is 0.442. The van der Waals surface area contributed by atoms with Gasteiger partial charge in [0.15, 0.2) is 0 Å². The Bertz CT molecular complexity index is 734. The van der Waals surface area contributed by atoms with Gasteiger partial charge in [-0.3, -0.25) is 5.73 Å². The van der Waals surface area contributed by atoms with Crippen LogP contribution in [-0.4, -0.2) is 9.67 Å². The minimum Gasteiger partial charge on any atom is -0.385 e. The molecule has 0 aliphatic rings. The second-order valence-electron chi connectivity index (χ2n) is 4.94. The van der Waals surface area contributed by atoms with Crippen LogP contribution in [0, 0.1) is 0 Å². The van der Waals surface area contributed by atoms with Crippen molar-refractivity contribution >= 4 is 17.0 Å². The van der Waals surface area contributed by atoms with Gasteiger partial charge in [0.1, 0.15) is 23.7 Å². The maximum absolute atomic E-state index is 10.4. The maximum Gasteiger partial charge on any atom is 0.355 e. The van der Waals surface area contributed by atoms with E-state index in [9.17, 15) is 5.11 Å². The van der Waals surface area contributed by atoms with Crippen molar-refractivity contribution in [1.29, 1.82) is 0 Å². The molecule has 0 amide bonds. The van der Waals surface area contributed by atoms with Crippen LogP contribution in [0.2, 0.25) is 0 Å². The van der Waals surface area contributed by atoms with Gasteiger partial charge in [-0.25, -0.2) is 9.13 Å². The van der Waals surface area contributed by atoms with E-state index in [0.717, 1.165) is 16.6 Å². The number of aryl methyl sites for hydroxylation is 1. The predicted molar refractivity (Wildman–Crippen MR) is 78.9 cm³/mol. The van der Waals surface area contributed by atoms with Crippen LogP contribution in [-0.2, 0) is 13.6 Å². The Hall–Kier alpha value is -2.33. The van der Waals surface area contributed by atoms with Gasteiger partial charge in [-0.2, -0.15) is 0 Å². The fourth-order valence-electron chi connectivity index (χ4n) is 2.55. The monoisotopic (exact) mass is 268 g/mol. The predicted octanol–water partition coefficient (Wildman–Crippen LogP) is 1.78. The average molecular weight is 268 g/mol. The van der Waals surface area contributed by atoms with Gasteiger partial charge in [0.2, 0.25) is 0 Å². The van der Waals surface area contributed by atoms with Crippen LogP contribution < -0.4 is 10.3 Å². The number of imidazole rings is 1. The molecule has 1 aromatic heterocycles. The highest BCUT2D eigenvalue weighted by Gasteiger charge is 2.21. The number of para-hydroxylation sites is 2. The Morgan fingerprint density at radius 2 is 1.75 bits per heavy atom. The molecule has 0 aliphatic carbocycles. The van der Waals surface area contributed by atoms with Gasteiger partial charge in [-0.1, -0.05) is 42.5 Å². The third-order valence-electron chi connectivity index (χ3n) is 3.69. The molecule has 102 valence electrons. The fraction of sp³-hybridized carbons (Fsp3) is 0.188. The lowest BCUT2D eigenvalue weighted by molar-refractivity contribution is -0.630. The standard InChI is InChI=1S/C16H17N3O/c1-18-13-9-5-6-10-14(13)19(16(18)17)11-15(20)12-7-3-2-4-8-12/h2-10,15,17,20H,11H2,1H3/p+1/t15-/m1/s1. The van der Waals surface area contributed by atoms with Crippen molar-refractivity contribution in [3.63, 3.8) is 0 Å². The fourth-order valence-corrected chi connectivity index (χ4v) is 2.55. The first kappa shape index (κ1) is 12.7. The number of nitrogens with two attached hydrogens (primary N) is 1. The van der Waals surface area contributed by atoms with Gasteiger partial charge in [-0.05, 0) is 17.7 Å². The van der Waals surface area contributed by atoms with Crippen molar-refractivity contribution in [2.45, 2.75) is 12.6 Å². The zero-order valence-electron chi connectivity index (χ0n) is 11.4. The Morgan fingerprint density at radius 1 is 1.10 bits per heavy atom. The lowest BCUT2D eigenvalue weighted by Crippen LogP contribution is -2.31. The van der Waals surface area contributed by atoms with Crippen LogP contribution in [0.25, 0.3) is 11.0 Å². The Labute approximate surface area is 117 Å². The highest BCUT2D eigenvalue weighted by Crippen LogP contribution is 2.20. The minimum absolute atomic E-state index is 0.442. The van der Waals surface area contributed by atoms with E-state index in [1.807, 2.05) is 70.8 Å². The molecule has 4 nitrogen and oxygen atoms in total. The van der Waals surface area contributed by atoms with E-state index in [1.54, 1.807) is 0 Å². The van der Waals surface area contributed by atoms with Crippen molar-refractivity contribution in [3.05, 3.63) is 60.2 Å². The molecule has 0 bridgehead atoms. The van der Waals surface area contributed by atoms with E-state index in [-0.39, 0.29) is 0 Å². The Morgan fingerprint density at radius 3 is 2.50 bits per heavy atom. The molecule has 0 fully saturated rings. The molecule has 4 heteroatoms. The van der Waals surface area contributed by atoms with Gasteiger partial charge < -0.3 is 5.11 Å². The number of benzene rings is 2. The summed E-state index contributed by atoms with van der Waals surface area (Å²) in [7, 11) is 1.93. The third-order valence-corrected chi connectivity index (χ3v) is 3.69. The van der Waals surface area contributed by atoms with Crippen LogP contribution in [0.1, 0.15) is 11.7 Å². The first-order valence-corrected chi connectivity index (χ1v) is 6.64. The number of rotatable bonds is 3. The van der Waals surface area contributed by atoms with E-state index in [2.05, 4.69) is 0 Å². The van der Waals surface area contributed by atoms with E-state index < -0.39 is 6.10 Å². The van der Waals surface area contributed by atoms with Crippen LogP contribution >= 0.6 is 0 Å². The molecular formula is C16H18N3O+. The van der Waals surface area contributed by atoms with Crippen LogP contribution in [0.15, 0.2) is 54.6 Å². The molecule has 3 aromatic rings. The molecule has 0 aliphatic heterocycles. The first-order chi connectivity index (χ1) is 9.68. The highest BCUT2D eigenvalue weighted by atomic mass is 16.3. The number of aliphatic hydroxyl groups excluding tert-OH is 1. The Balaban J connectivity index is 2.01. The SMILES string of the molecule is C[n+]1c(N)n(C[C@@H](O)c2ccccc2)c2ccccc21. The zero-order chi connectivity index (χ0) is 14.1. The van der Waals surface area contributed by atoms with E-state index in [1.165, 1.54) is 0 Å². The molecule has 0 spiro atoms. The molecule has 20 heavy (non-hydrogen) atoms. The summed E-state index contributed by atoms with van der Waals surface area (Å²) in [5.41, 5.74) is 9.14. The van der Waals surface area contributed by atoms with E-state index in [0.29, 0.717) is 12.5 Å². The number of aliphatic hydroxyl groups is 1. The second kappa shape index (κ2) is 4.98. The molecule has 0 saturated carbocycles. The number of nitrogens with zero attached hydrogens (tertiary/aromatic N) is 2. The molecule has 0 saturated heterocycles. The summed E-state index contributed by atoms with van der Waals surface area (Å²) in [5, 5.41) is 10.4. The van der Waals surface area contributed by atoms with Crippen LogP contribution in [0.3, 0.4) is 0 Å². The smallest absolute Gasteiger partial charge is 0.355 e. The number of fused-ring (bicyclic) bond motifs is 1. The lowest BCUT2D eigenvalue weighted by atomic mass is 10.1. The lowest BCUT2D eigenvalue weighted by Gasteiger charge is -2.10. The molecular weight excluding hydrogens is 250 g/mol. The average Bonchev–Trinajstić information content (AvgIpc) is 2.74. The number of hydrogen-bond acceptors (Lipinski definition) is 2.